The van der Waals surface area contributed by atoms with E-state index in [2.05, 4.69) is 11.0 Å². The Hall–Kier alpha value is -1.43. The zero-order valence-corrected chi connectivity index (χ0v) is 11.1. The minimum absolute atomic E-state index is 0.400. The number of rotatable bonds is 5. The number of hydrogen-bond donors (Lipinski definition) is 2. The van der Waals surface area contributed by atoms with Gasteiger partial charge < -0.3 is 15.6 Å². The van der Waals surface area contributed by atoms with Crippen molar-refractivity contribution < 1.29 is 14.6 Å². The molecule has 0 radical (unpaired) electrons. The number of carboxylic acids is 1. The van der Waals surface area contributed by atoms with Crippen LogP contribution in [0.4, 0.5) is 0 Å². The van der Waals surface area contributed by atoms with Gasteiger partial charge in [-0.15, -0.1) is 0 Å². The molecule has 1 aliphatic heterocycles. The van der Waals surface area contributed by atoms with E-state index in [0.29, 0.717) is 19.6 Å². The van der Waals surface area contributed by atoms with Crippen molar-refractivity contribution in [2.45, 2.75) is 25.1 Å². The molecule has 104 valence electrons. The molecule has 0 spiro atoms. The Kier molecular flexibility index (Phi) is 4.19. The van der Waals surface area contributed by atoms with Crippen LogP contribution < -0.4 is 5.73 Å². The summed E-state index contributed by atoms with van der Waals surface area (Å²) in [5.74, 6) is -0.914. The molecule has 2 rings (SSSR count). The first-order chi connectivity index (χ1) is 9.03. The van der Waals surface area contributed by atoms with Crippen LogP contribution in [-0.4, -0.2) is 41.7 Å². The minimum atomic E-state index is -1.09. The van der Waals surface area contributed by atoms with Gasteiger partial charge in [0.1, 0.15) is 5.54 Å². The number of aliphatic carboxylic acids is 1. The summed E-state index contributed by atoms with van der Waals surface area (Å²) in [6, 6.07) is 8.13. The lowest BCUT2D eigenvalue weighted by Gasteiger charge is -2.20. The van der Waals surface area contributed by atoms with Crippen molar-refractivity contribution in [3.05, 3.63) is 35.4 Å². The summed E-state index contributed by atoms with van der Waals surface area (Å²) in [5, 5.41) is 9.10. The standard InChI is InChI=1S/C14H20N2O3/c1-19-9-12-4-2-3-11(7-12)8-16-6-5-14(15,10-16)13(17)18/h2-4,7H,5-6,8-10,15H2,1H3,(H,17,18). The number of nitrogens with two attached hydrogens (primary N) is 1. The van der Waals surface area contributed by atoms with Gasteiger partial charge in [-0.25, -0.2) is 0 Å². The first-order valence-corrected chi connectivity index (χ1v) is 6.35. The lowest BCUT2D eigenvalue weighted by Crippen LogP contribution is -2.50. The van der Waals surface area contributed by atoms with Crippen LogP contribution in [0.1, 0.15) is 17.5 Å². The molecule has 1 heterocycles. The normalized spacial score (nSPS) is 23.7. The maximum atomic E-state index is 11.1. The lowest BCUT2D eigenvalue weighted by atomic mass is 10.0. The highest BCUT2D eigenvalue weighted by atomic mass is 16.5. The number of carboxylic acid groups (broad SMARTS) is 1. The van der Waals surface area contributed by atoms with Crippen LogP contribution in [0.15, 0.2) is 24.3 Å². The van der Waals surface area contributed by atoms with Crippen molar-refractivity contribution in [3.63, 3.8) is 0 Å². The van der Waals surface area contributed by atoms with E-state index in [-0.39, 0.29) is 0 Å². The molecule has 0 amide bonds. The molecule has 1 aromatic rings. The maximum absolute atomic E-state index is 11.1. The highest BCUT2D eigenvalue weighted by molar-refractivity contribution is 5.79. The van der Waals surface area contributed by atoms with Gasteiger partial charge in [0, 0.05) is 26.7 Å². The number of methoxy groups -OCH3 is 1. The summed E-state index contributed by atoms with van der Waals surface area (Å²) in [7, 11) is 1.67. The summed E-state index contributed by atoms with van der Waals surface area (Å²) in [4.78, 5) is 13.2. The molecule has 19 heavy (non-hydrogen) atoms. The van der Waals surface area contributed by atoms with E-state index in [1.54, 1.807) is 7.11 Å². The fraction of sp³-hybridized carbons (Fsp3) is 0.500. The van der Waals surface area contributed by atoms with Crippen molar-refractivity contribution in [2.24, 2.45) is 5.73 Å². The summed E-state index contributed by atoms with van der Waals surface area (Å²) < 4.78 is 5.11. The summed E-state index contributed by atoms with van der Waals surface area (Å²) in [6.07, 6.45) is 0.500. The Labute approximate surface area is 113 Å². The van der Waals surface area contributed by atoms with E-state index in [1.807, 2.05) is 18.2 Å². The van der Waals surface area contributed by atoms with E-state index in [4.69, 9.17) is 15.6 Å². The maximum Gasteiger partial charge on any atom is 0.325 e. The quantitative estimate of drug-likeness (QED) is 0.823. The van der Waals surface area contributed by atoms with Crippen LogP contribution in [0.25, 0.3) is 0 Å². The molecule has 1 aliphatic rings. The van der Waals surface area contributed by atoms with Gasteiger partial charge in [-0.1, -0.05) is 24.3 Å². The van der Waals surface area contributed by atoms with Crippen LogP contribution in [0.5, 0.6) is 0 Å². The predicted molar refractivity (Wildman–Crippen MR) is 71.6 cm³/mol. The Bertz CT molecular complexity index is 464. The predicted octanol–water partition coefficient (Wildman–Crippen LogP) is 0.821. The molecular formula is C14H20N2O3. The van der Waals surface area contributed by atoms with E-state index in [0.717, 1.165) is 24.2 Å². The first-order valence-electron chi connectivity index (χ1n) is 6.35. The van der Waals surface area contributed by atoms with Crippen LogP contribution in [0.3, 0.4) is 0 Å². The molecule has 0 aliphatic carbocycles. The number of benzene rings is 1. The largest absolute Gasteiger partial charge is 0.480 e. The van der Waals surface area contributed by atoms with Gasteiger partial charge in [-0.05, 0) is 17.5 Å². The zero-order chi connectivity index (χ0) is 13.9. The molecule has 1 aromatic carbocycles. The van der Waals surface area contributed by atoms with Gasteiger partial charge >= 0.3 is 5.97 Å². The fourth-order valence-corrected chi connectivity index (χ4v) is 2.47. The second kappa shape index (κ2) is 5.69. The lowest BCUT2D eigenvalue weighted by molar-refractivity contribution is -0.142. The molecule has 1 unspecified atom stereocenters. The number of likely N-dealkylation sites (tertiary alicyclic amines) is 1. The molecule has 1 fully saturated rings. The third-order valence-electron chi connectivity index (χ3n) is 3.51. The van der Waals surface area contributed by atoms with Gasteiger partial charge in [0.05, 0.1) is 6.61 Å². The Morgan fingerprint density at radius 3 is 2.89 bits per heavy atom. The van der Waals surface area contributed by atoms with E-state index in [1.165, 1.54) is 0 Å². The second-order valence-electron chi connectivity index (χ2n) is 5.17. The Morgan fingerprint density at radius 1 is 1.53 bits per heavy atom. The summed E-state index contributed by atoms with van der Waals surface area (Å²) in [5.41, 5.74) is 7.05. The molecule has 5 heteroatoms. The van der Waals surface area contributed by atoms with Crippen LogP contribution in [-0.2, 0) is 22.7 Å². The molecule has 3 N–H and O–H groups in total. The third kappa shape index (κ3) is 3.32. The van der Waals surface area contributed by atoms with Crippen molar-refractivity contribution in [1.29, 1.82) is 0 Å². The van der Waals surface area contributed by atoms with Gasteiger partial charge in [0.25, 0.3) is 0 Å². The van der Waals surface area contributed by atoms with Crippen molar-refractivity contribution in [2.75, 3.05) is 20.2 Å². The monoisotopic (exact) mass is 264 g/mol. The number of nitrogens with zero attached hydrogens (tertiary/aromatic N) is 1. The van der Waals surface area contributed by atoms with Gasteiger partial charge in [-0.3, -0.25) is 9.69 Å². The average Bonchev–Trinajstić information content (AvgIpc) is 2.73. The average molecular weight is 264 g/mol. The first kappa shape index (κ1) is 14.0. The van der Waals surface area contributed by atoms with Crippen LogP contribution >= 0.6 is 0 Å². The van der Waals surface area contributed by atoms with Crippen molar-refractivity contribution in [1.82, 2.24) is 4.90 Å². The molecule has 0 saturated carbocycles. The second-order valence-corrected chi connectivity index (χ2v) is 5.17. The smallest absolute Gasteiger partial charge is 0.325 e. The van der Waals surface area contributed by atoms with Crippen LogP contribution in [0, 0.1) is 0 Å². The zero-order valence-electron chi connectivity index (χ0n) is 11.1. The SMILES string of the molecule is COCc1cccc(CN2CCC(N)(C(=O)O)C2)c1. The van der Waals surface area contributed by atoms with Gasteiger partial charge in [0.2, 0.25) is 0 Å². The highest BCUT2D eigenvalue weighted by Gasteiger charge is 2.40. The molecule has 0 bridgehead atoms. The Morgan fingerprint density at radius 2 is 2.26 bits per heavy atom. The topological polar surface area (TPSA) is 75.8 Å². The number of ether oxygens (including phenoxy) is 1. The molecule has 0 aromatic heterocycles. The third-order valence-corrected chi connectivity index (χ3v) is 3.51. The van der Waals surface area contributed by atoms with E-state index < -0.39 is 11.5 Å². The minimum Gasteiger partial charge on any atom is -0.480 e. The van der Waals surface area contributed by atoms with Crippen molar-refractivity contribution >= 4 is 5.97 Å². The van der Waals surface area contributed by atoms with Gasteiger partial charge in [-0.2, -0.15) is 0 Å². The summed E-state index contributed by atoms with van der Waals surface area (Å²) in [6.45, 7) is 2.43. The van der Waals surface area contributed by atoms with Crippen LogP contribution in [0.2, 0.25) is 0 Å². The molecular weight excluding hydrogens is 244 g/mol. The number of carbonyl (C=O) groups is 1. The molecule has 1 saturated heterocycles. The van der Waals surface area contributed by atoms with Crippen molar-refractivity contribution in [3.8, 4) is 0 Å². The van der Waals surface area contributed by atoms with E-state index in [9.17, 15) is 4.79 Å². The highest BCUT2D eigenvalue weighted by Crippen LogP contribution is 2.21. The molecule has 1 atom stereocenters. The summed E-state index contributed by atoms with van der Waals surface area (Å²) >= 11 is 0. The molecule has 5 nitrogen and oxygen atoms in total. The van der Waals surface area contributed by atoms with E-state index >= 15 is 0 Å². The van der Waals surface area contributed by atoms with Gasteiger partial charge in [0.15, 0.2) is 0 Å². The fourth-order valence-electron chi connectivity index (χ4n) is 2.47. The Balaban J connectivity index is 1.99. The number of hydrogen-bond acceptors (Lipinski definition) is 4.